The highest BCUT2D eigenvalue weighted by Crippen LogP contribution is 2.49. The molecule has 1 aliphatic carbocycles. The van der Waals surface area contributed by atoms with Gasteiger partial charge in [-0.1, -0.05) is 98.7 Å². The summed E-state index contributed by atoms with van der Waals surface area (Å²) in [6.45, 7) is 4.54. The number of furan rings is 1. The molecule has 1 aliphatic rings. The van der Waals surface area contributed by atoms with Gasteiger partial charge in [0, 0.05) is 21.8 Å². The minimum absolute atomic E-state index is 0.108. The van der Waals surface area contributed by atoms with Crippen LogP contribution in [0.2, 0.25) is 5.28 Å². The zero-order chi connectivity index (χ0) is 32.1. The lowest BCUT2D eigenvalue weighted by Gasteiger charge is -2.22. The highest BCUT2D eigenvalue weighted by atomic mass is 35.5. The summed E-state index contributed by atoms with van der Waals surface area (Å²) >= 11 is 6.33. The summed E-state index contributed by atoms with van der Waals surface area (Å²) in [5.41, 5.74) is 8.84. The molecule has 196 valence electrons. The molecule has 2 aromatic heterocycles. The Kier molecular flexibility index (Phi) is 4.17. The molecule has 0 amide bonds. The molecule has 2 heterocycles. The molecular formula is C36H24ClN3O. The van der Waals surface area contributed by atoms with E-state index in [1.165, 1.54) is 22.3 Å². The van der Waals surface area contributed by atoms with Crippen molar-refractivity contribution < 1.29 is 11.3 Å². The summed E-state index contributed by atoms with van der Waals surface area (Å²) < 4.78 is 47.2. The molecule has 0 fully saturated rings. The van der Waals surface area contributed by atoms with Gasteiger partial charge in [0.15, 0.2) is 11.6 Å². The smallest absolute Gasteiger partial charge is 0.226 e. The number of hydrogen-bond donors (Lipinski definition) is 0. The van der Waals surface area contributed by atoms with Gasteiger partial charge < -0.3 is 4.42 Å². The number of halogens is 1. The molecule has 0 atom stereocenters. The zero-order valence-electron chi connectivity index (χ0n) is 27.1. The number of benzene rings is 5. The Bertz CT molecular complexity index is 2410. The molecule has 0 bridgehead atoms. The third-order valence-electron chi connectivity index (χ3n) is 7.99. The Morgan fingerprint density at radius 1 is 0.659 bits per heavy atom. The Balaban J connectivity index is 1.25. The Morgan fingerprint density at radius 3 is 2.27 bits per heavy atom. The standard InChI is InChI=1S/C36H24ClN3O/c1-36(2)29-14-7-6-11-24(29)25-17-15-23(20-30(25)36)22-16-18-31-28(19-22)26-12-8-13-27(32(26)41-31)34-38-33(39-35(37)40-34)21-9-4-3-5-10-21/h3-20H,1-2H3/i3D,4D,5D,9D,10D. The van der Waals surface area contributed by atoms with Crippen LogP contribution in [0, 0.1) is 0 Å². The van der Waals surface area contributed by atoms with Gasteiger partial charge in [0.25, 0.3) is 0 Å². The molecule has 5 heteroatoms. The molecule has 0 saturated heterocycles. The van der Waals surface area contributed by atoms with Crippen molar-refractivity contribution in [2.75, 3.05) is 0 Å². The van der Waals surface area contributed by atoms with Gasteiger partial charge >= 0.3 is 0 Å². The predicted octanol–water partition coefficient (Wildman–Crippen LogP) is 9.73. The number of rotatable bonds is 3. The molecule has 41 heavy (non-hydrogen) atoms. The summed E-state index contributed by atoms with van der Waals surface area (Å²) in [5.74, 6) is 0.0381. The van der Waals surface area contributed by atoms with Crippen molar-refractivity contribution in [3.8, 4) is 45.0 Å². The fourth-order valence-corrected chi connectivity index (χ4v) is 6.14. The van der Waals surface area contributed by atoms with Gasteiger partial charge in [0.1, 0.15) is 11.2 Å². The quantitative estimate of drug-likeness (QED) is 0.218. The molecule has 5 aromatic carbocycles. The first-order chi connectivity index (χ1) is 22.0. The van der Waals surface area contributed by atoms with E-state index < -0.39 is 30.2 Å². The average molecular weight is 555 g/mol. The average Bonchev–Trinajstić information content (AvgIpc) is 3.54. The number of nitrogens with zero attached hydrogens (tertiary/aromatic N) is 3. The van der Waals surface area contributed by atoms with Gasteiger partial charge in [-0.15, -0.1) is 0 Å². The van der Waals surface area contributed by atoms with Crippen molar-refractivity contribution in [3.05, 3.63) is 125 Å². The van der Waals surface area contributed by atoms with Crippen LogP contribution < -0.4 is 0 Å². The van der Waals surface area contributed by atoms with Crippen LogP contribution in [-0.4, -0.2) is 15.0 Å². The molecular weight excluding hydrogens is 526 g/mol. The first-order valence-electron chi connectivity index (χ1n) is 15.7. The van der Waals surface area contributed by atoms with Crippen molar-refractivity contribution >= 4 is 33.5 Å². The lowest BCUT2D eigenvalue weighted by atomic mass is 9.81. The molecule has 7 aromatic rings. The second-order valence-corrected chi connectivity index (χ2v) is 11.0. The van der Waals surface area contributed by atoms with Gasteiger partial charge in [0.05, 0.1) is 12.4 Å². The van der Waals surface area contributed by atoms with Crippen LogP contribution in [0.1, 0.15) is 31.8 Å². The van der Waals surface area contributed by atoms with Crippen LogP contribution >= 0.6 is 11.6 Å². The van der Waals surface area contributed by atoms with E-state index in [2.05, 4.69) is 83.4 Å². The second-order valence-electron chi connectivity index (χ2n) is 10.7. The number of fused-ring (bicyclic) bond motifs is 6. The van der Waals surface area contributed by atoms with E-state index in [4.69, 9.17) is 22.9 Å². The monoisotopic (exact) mass is 554 g/mol. The van der Waals surface area contributed by atoms with E-state index in [-0.39, 0.29) is 27.9 Å². The maximum atomic E-state index is 8.38. The molecule has 0 saturated carbocycles. The first-order valence-corrected chi connectivity index (χ1v) is 13.6. The van der Waals surface area contributed by atoms with Crippen LogP contribution in [0.3, 0.4) is 0 Å². The van der Waals surface area contributed by atoms with E-state index in [9.17, 15) is 0 Å². The van der Waals surface area contributed by atoms with Gasteiger partial charge in [0.2, 0.25) is 5.28 Å². The third kappa shape index (κ3) is 3.71. The summed E-state index contributed by atoms with van der Waals surface area (Å²) in [5, 5.41) is 1.59. The van der Waals surface area contributed by atoms with Crippen LogP contribution in [0.5, 0.6) is 0 Å². The third-order valence-corrected chi connectivity index (χ3v) is 8.16. The number of para-hydroxylation sites is 1. The van der Waals surface area contributed by atoms with Crippen LogP contribution in [0.4, 0.5) is 0 Å². The SMILES string of the molecule is [2H]c1c([2H])c([2H])c(-c2nc(Cl)nc(-c3cccc4c3oc3ccc(-c5ccc6c(c5)C(C)(C)c5ccccc5-6)cc34)n2)c([2H])c1[2H]. The number of aromatic nitrogens is 3. The van der Waals surface area contributed by atoms with E-state index in [1.807, 2.05) is 18.2 Å². The Labute approximate surface area is 249 Å². The minimum atomic E-state index is -0.501. The second kappa shape index (κ2) is 8.85. The Morgan fingerprint density at radius 2 is 1.39 bits per heavy atom. The molecule has 0 aliphatic heterocycles. The maximum Gasteiger partial charge on any atom is 0.226 e. The van der Waals surface area contributed by atoms with Crippen molar-refractivity contribution in [2.45, 2.75) is 19.3 Å². The largest absolute Gasteiger partial charge is 0.455 e. The van der Waals surface area contributed by atoms with Crippen molar-refractivity contribution in [2.24, 2.45) is 0 Å². The highest BCUT2D eigenvalue weighted by molar-refractivity contribution is 6.28. The van der Waals surface area contributed by atoms with Crippen LogP contribution in [-0.2, 0) is 5.41 Å². The Hall–Kier alpha value is -4.80. The fourth-order valence-electron chi connectivity index (χ4n) is 5.98. The maximum absolute atomic E-state index is 8.38. The van der Waals surface area contributed by atoms with E-state index in [0.717, 1.165) is 21.9 Å². The van der Waals surface area contributed by atoms with Gasteiger partial charge in [-0.25, -0.2) is 4.98 Å². The molecule has 0 radical (unpaired) electrons. The van der Waals surface area contributed by atoms with E-state index >= 15 is 0 Å². The lowest BCUT2D eigenvalue weighted by Crippen LogP contribution is -2.14. The minimum Gasteiger partial charge on any atom is -0.455 e. The predicted molar refractivity (Wildman–Crippen MR) is 166 cm³/mol. The highest BCUT2D eigenvalue weighted by Gasteiger charge is 2.35. The summed E-state index contributed by atoms with van der Waals surface area (Å²) in [6.07, 6.45) is 0. The summed E-state index contributed by atoms with van der Waals surface area (Å²) in [4.78, 5) is 13.0. The molecule has 0 unspecified atom stereocenters. The molecule has 0 spiro atoms. The topological polar surface area (TPSA) is 51.8 Å². The lowest BCUT2D eigenvalue weighted by molar-refractivity contribution is 0.660. The fraction of sp³-hybridized carbons (Fsp3) is 0.0833. The number of hydrogen-bond acceptors (Lipinski definition) is 4. The van der Waals surface area contributed by atoms with Gasteiger partial charge in [-0.3, -0.25) is 0 Å². The van der Waals surface area contributed by atoms with E-state index in [1.54, 1.807) is 6.07 Å². The van der Waals surface area contributed by atoms with E-state index in [0.29, 0.717) is 16.7 Å². The molecule has 4 nitrogen and oxygen atoms in total. The van der Waals surface area contributed by atoms with Crippen molar-refractivity contribution in [1.82, 2.24) is 15.0 Å². The van der Waals surface area contributed by atoms with Crippen LogP contribution in [0.15, 0.2) is 113 Å². The van der Waals surface area contributed by atoms with Crippen molar-refractivity contribution in [3.63, 3.8) is 0 Å². The van der Waals surface area contributed by atoms with Gasteiger partial charge in [-0.2, -0.15) is 9.97 Å². The first kappa shape index (κ1) is 19.3. The summed E-state index contributed by atoms with van der Waals surface area (Å²) in [7, 11) is 0. The normalized spacial score (nSPS) is 15.1. The zero-order valence-corrected chi connectivity index (χ0v) is 22.9. The van der Waals surface area contributed by atoms with Crippen molar-refractivity contribution in [1.29, 1.82) is 0 Å². The van der Waals surface area contributed by atoms with Gasteiger partial charge in [-0.05, 0) is 69.2 Å². The molecule has 8 rings (SSSR count). The summed E-state index contributed by atoms with van der Waals surface area (Å²) in [6, 6.07) is 24.7. The molecule has 0 N–H and O–H groups in total. The van der Waals surface area contributed by atoms with Crippen LogP contribution in [0.25, 0.3) is 67.0 Å².